The Morgan fingerprint density at radius 1 is 0.558 bits per heavy atom. The Morgan fingerprint density at radius 2 is 0.846 bits per heavy atom. The van der Waals surface area contributed by atoms with Crippen molar-refractivity contribution in [1.82, 2.24) is 0 Å². The third-order valence-corrected chi connectivity index (χ3v) is 6.74. The molecule has 0 heterocycles. The fourth-order valence-corrected chi connectivity index (χ4v) is 4.08. The highest BCUT2D eigenvalue weighted by atomic mass is 19.4. The summed E-state index contributed by atoms with van der Waals surface area (Å²) in [4.78, 5) is 36.3. The van der Waals surface area contributed by atoms with Gasteiger partial charge in [-0.3, -0.25) is 0 Å². The van der Waals surface area contributed by atoms with Gasteiger partial charge in [-0.05, 0) is 0 Å². The molecule has 0 amide bonds. The van der Waals surface area contributed by atoms with Gasteiger partial charge in [-0.2, -0.15) is 79.0 Å². The zero-order valence-corrected chi connectivity index (χ0v) is 27.2. The second-order valence-electron chi connectivity index (χ2n) is 12.5. The molecular weight excluding hydrogens is 778 g/mol. The molecule has 8 nitrogen and oxygen atoms in total. The summed E-state index contributed by atoms with van der Waals surface area (Å²) in [5.74, 6) is -44.4. The standard InChI is InChI=1S/C26H32F18N2O6/c1-6-16(47)52-15(11-45(2,3)13-17(48)50-9-7-19(27,28)21(31,32)23(35,36)25(39,40)41)12-46(4,5)14-18(49)51-10-8-20(29,30)22(33,34)24(37,38)26(42,43)44/h6,15H,1,7-14H2,2-5H3/q+2. The third-order valence-electron chi connectivity index (χ3n) is 6.74. The van der Waals surface area contributed by atoms with E-state index in [0.29, 0.717) is 6.08 Å². The molecule has 0 saturated heterocycles. The largest absolute Gasteiger partial charge is 0.461 e. The van der Waals surface area contributed by atoms with Crippen molar-refractivity contribution in [2.45, 2.75) is 66.8 Å². The fraction of sp³-hybridized carbons (Fsp3) is 0.808. The highest BCUT2D eigenvalue weighted by molar-refractivity contribution is 5.81. The summed E-state index contributed by atoms with van der Waals surface area (Å²) in [6.45, 7) is -3.18. The van der Waals surface area contributed by atoms with E-state index in [1.54, 1.807) is 0 Å². The number of rotatable bonds is 20. The minimum atomic E-state index is -7.17. The number of hydrogen-bond acceptors (Lipinski definition) is 6. The number of esters is 3. The van der Waals surface area contributed by atoms with E-state index in [4.69, 9.17) is 4.74 Å². The predicted molar refractivity (Wildman–Crippen MR) is 137 cm³/mol. The van der Waals surface area contributed by atoms with Crippen molar-refractivity contribution >= 4 is 17.9 Å². The van der Waals surface area contributed by atoms with Gasteiger partial charge >= 0.3 is 65.8 Å². The van der Waals surface area contributed by atoms with Crippen LogP contribution >= 0.6 is 0 Å². The van der Waals surface area contributed by atoms with Crippen LogP contribution in [-0.2, 0) is 28.6 Å². The van der Waals surface area contributed by atoms with Gasteiger partial charge in [0.15, 0.2) is 19.2 Å². The Kier molecular flexibility index (Phi) is 15.1. The number of ether oxygens (including phenoxy) is 3. The van der Waals surface area contributed by atoms with Crippen molar-refractivity contribution in [3.05, 3.63) is 12.7 Å². The van der Waals surface area contributed by atoms with Crippen LogP contribution in [0, 0.1) is 0 Å². The number of halogens is 18. The Labute approximate surface area is 282 Å². The maximum atomic E-state index is 13.7. The zero-order valence-electron chi connectivity index (χ0n) is 27.2. The molecule has 0 saturated carbocycles. The van der Waals surface area contributed by atoms with E-state index in [-0.39, 0.29) is 0 Å². The molecule has 0 atom stereocenters. The second kappa shape index (κ2) is 16.0. The highest BCUT2D eigenvalue weighted by Gasteiger charge is 2.82. The minimum Gasteiger partial charge on any atom is -0.461 e. The molecule has 0 N–H and O–H groups in total. The van der Waals surface area contributed by atoms with Crippen LogP contribution in [0.15, 0.2) is 12.7 Å². The molecule has 0 aliphatic carbocycles. The molecule has 0 unspecified atom stereocenters. The zero-order chi connectivity index (χ0) is 41.8. The number of hydrogen-bond donors (Lipinski definition) is 0. The smallest absolute Gasteiger partial charge is 0.460 e. The van der Waals surface area contributed by atoms with E-state index in [0.717, 1.165) is 0 Å². The second-order valence-corrected chi connectivity index (χ2v) is 12.5. The Bertz CT molecular complexity index is 1180. The SMILES string of the molecule is C=CC(=O)OC(C[N+](C)(C)CC(=O)OCCC(F)(F)C(F)(F)C(F)(F)C(F)(F)F)C[N+](C)(C)CC(=O)OCCC(F)(F)C(F)(F)C(F)(F)C(F)(F)F. The quantitative estimate of drug-likeness (QED) is 0.0491. The summed E-state index contributed by atoms with van der Waals surface area (Å²) >= 11 is 0. The van der Waals surface area contributed by atoms with Crippen molar-refractivity contribution in [2.24, 2.45) is 0 Å². The first kappa shape index (κ1) is 48.8. The van der Waals surface area contributed by atoms with E-state index in [1.807, 2.05) is 0 Å². The lowest BCUT2D eigenvalue weighted by Crippen LogP contribution is -2.61. The van der Waals surface area contributed by atoms with Crippen LogP contribution in [0.4, 0.5) is 79.0 Å². The van der Waals surface area contributed by atoms with E-state index < -0.39 is 133 Å². The van der Waals surface area contributed by atoms with Crippen LogP contribution in [0.25, 0.3) is 0 Å². The summed E-state index contributed by atoms with van der Waals surface area (Å²) in [7, 11) is 4.70. The number of carbonyl (C=O) groups excluding carboxylic acids is 3. The molecule has 0 bridgehead atoms. The van der Waals surface area contributed by atoms with Crippen molar-refractivity contribution in [1.29, 1.82) is 0 Å². The molecule has 0 aromatic carbocycles. The normalized spacial score (nSPS) is 14.7. The molecule has 26 heteroatoms. The molecule has 0 radical (unpaired) electrons. The Balaban J connectivity index is 5.51. The molecule has 0 aliphatic rings. The van der Waals surface area contributed by atoms with Crippen LogP contribution in [0.5, 0.6) is 0 Å². The average Bonchev–Trinajstić information content (AvgIpc) is 2.89. The first-order valence-electron chi connectivity index (χ1n) is 13.9. The Morgan fingerprint density at radius 3 is 1.10 bits per heavy atom. The van der Waals surface area contributed by atoms with Crippen LogP contribution in [-0.4, -0.2) is 148 Å². The first-order chi connectivity index (χ1) is 22.7. The topological polar surface area (TPSA) is 78.9 Å². The monoisotopic (exact) mass is 810 g/mol. The molecule has 0 aromatic heterocycles. The molecule has 306 valence electrons. The predicted octanol–water partition coefficient (Wildman–Crippen LogP) is 6.04. The van der Waals surface area contributed by atoms with E-state index in [9.17, 15) is 93.4 Å². The van der Waals surface area contributed by atoms with Gasteiger partial charge in [0, 0.05) is 6.08 Å². The van der Waals surface area contributed by atoms with Gasteiger partial charge in [-0.15, -0.1) is 0 Å². The maximum Gasteiger partial charge on any atom is 0.460 e. The van der Waals surface area contributed by atoms with Gasteiger partial charge in [-0.25, -0.2) is 14.4 Å². The van der Waals surface area contributed by atoms with Crippen LogP contribution < -0.4 is 0 Å². The van der Waals surface area contributed by atoms with Crippen molar-refractivity contribution < 1.29 is 117 Å². The van der Waals surface area contributed by atoms with Gasteiger partial charge in [0.1, 0.15) is 13.1 Å². The maximum absolute atomic E-state index is 13.7. The molecule has 0 fully saturated rings. The first-order valence-corrected chi connectivity index (χ1v) is 13.9. The molecule has 0 aliphatic heterocycles. The van der Waals surface area contributed by atoms with E-state index in [2.05, 4.69) is 16.1 Å². The average molecular weight is 811 g/mol. The van der Waals surface area contributed by atoms with Gasteiger partial charge in [0.2, 0.25) is 0 Å². The number of alkyl halides is 18. The summed E-state index contributed by atoms with van der Waals surface area (Å²) in [6.07, 6.45) is -19.9. The molecule has 0 spiro atoms. The van der Waals surface area contributed by atoms with E-state index in [1.165, 1.54) is 28.2 Å². The van der Waals surface area contributed by atoms with Crippen molar-refractivity contribution in [3.8, 4) is 0 Å². The van der Waals surface area contributed by atoms with Gasteiger partial charge in [0.05, 0.1) is 54.2 Å². The number of carbonyl (C=O) groups is 3. The van der Waals surface area contributed by atoms with Crippen molar-refractivity contribution in [3.63, 3.8) is 0 Å². The number of quaternary nitrogens is 2. The summed E-state index contributed by atoms with van der Waals surface area (Å²) in [6, 6.07) is 0. The summed E-state index contributed by atoms with van der Waals surface area (Å²) < 4.78 is 246. The van der Waals surface area contributed by atoms with Gasteiger partial charge in [-0.1, -0.05) is 6.58 Å². The van der Waals surface area contributed by atoms with Gasteiger partial charge < -0.3 is 23.2 Å². The summed E-state index contributed by atoms with van der Waals surface area (Å²) in [5.41, 5.74) is 0. The molecular formula is C26H32F18N2O6+2. The molecule has 0 aromatic rings. The lowest BCUT2D eigenvalue weighted by molar-refractivity contribution is -0.907. The molecule has 0 rings (SSSR count). The lowest BCUT2D eigenvalue weighted by Gasteiger charge is -2.36. The summed E-state index contributed by atoms with van der Waals surface area (Å²) in [5, 5.41) is 0. The van der Waals surface area contributed by atoms with Crippen LogP contribution in [0.2, 0.25) is 0 Å². The van der Waals surface area contributed by atoms with Gasteiger partial charge in [0.25, 0.3) is 0 Å². The number of likely N-dealkylation sites (N-methyl/N-ethyl adjacent to an activating group) is 2. The minimum absolute atomic E-state index is 0.480. The molecule has 52 heavy (non-hydrogen) atoms. The highest BCUT2D eigenvalue weighted by Crippen LogP contribution is 2.55. The fourth-order valence-electron chi connectivity index (χ4n) is 4.08. The van der Waals surface area contributed by atoms with E-state index >= 15 is 0 Å². The third kappa shape index (κ3) is 11.9. The van der Waals surface area contributed by atoms with Crippen LogP contribution in [0.1, 0.15) is 12.8 Å². The van der Waals surface area contributed by atoms with Crippen LogP contribution in [0.3, 0.4) is 0 Å². The van der Waals surface area contributed by atoms with Crippen molar-refractivity contribution in [2.75, 3.05) is 67.6 Å². The lowest BCUT2D eigenvalue weighted by atomic mass is 10.0. The number of nitrogens with zero attached hydrogens (tertiary/aromatic N) is 2. The Hall–Kier alpha value is -3.19.